The van der Waals surface area contributed by atoms with Crippen LogP contribution >= 0.6 is 11.3 Å². The average Bonchev–Trinajstić information content (AvgIpc) is 3.28. The van der Waals surface area contributed by atoms with Crippen molar-refractivity contribution in [3.05, 3.63) is 40.6 Å². The lowest BCUT2D eigenvalue weighted by Crippen LogP contribution is -2.41. The maximum absolute atomic E-state index is 13.3. The fraction of sp³-hybridized carbons (Fsp3) is 0.409. The highest BCUT2D eigenvalue weighted by atomic mass is 32.1. The monoisotopic (exact) mass is 411 g/mol. The number of hydrogen-bond donors (Lipinski definition) is 2. The quantitative estimate of drug-likeness (QED) is 0.811. The van der Waals surface area contributed by atoms with Gasteiger partial charge in [-0.2, -0.15) is 11.3 Å². The van der Waals surface area contributed by atoms with Gasteiger partial charge in [0, 0.05) is 19.0 Å². The lowest BCUT2D eigenvalue weighted by atomic mass is 9.92. The van der Waals surface area contributed by atoms with Crippen molar-refractivity contribution < 1.29 is 14.4 Å². The summed E-state index contributed by atoms with van der Waals surface area (Å²) < 4.78 is 0. The number of carbonyl (C=O) groups is 3. The molecule has 2 N–H and O–H groups in total. The minimum atomic E-state index is -0.570. The number of amides is 3. The summed E-state index contributed by atoms with van der Waals surface area (Å²) in [5.41, 5.74) is 2.91. The van der Waals surface area contributed by atoms with E-state index in [0.29, 0.717) is 30.6 Å². The van der Waals surface area contributed by atoms with Crippen LogP contribution in [0.4, 0.5) is 5.69 Å². The Bertz CT molecular complexity index is 962. The van der Waals surface area contributed by atoms with Crippen LogP contribution in [0.3, 0.4) is 0 Å². The fourth-order valence-electron chi connectivity index (χ4n) is 3.98. The smallest absolute Gasteiger partial charge is 0.256 e. The largest absolute Gasteiger partial charge is 0.351 e. The first-order chi connectivity index (χ1) is 13.7. The van der Waals surface area contributed by atoms with Crippen molar-refractivity contribution in [3.8, 4) is 11.1 Å². The molecule has 2 aliphatic heterocycles. The van der Waals surface area contributed by atoms with Crippen LogP contribution in [-0.2, 0) is 9.59 Å². The highest BCUT2D eigenvalue weighted by Crippen LogP contribution is 2.33. The SMILES string of the molecule is CC(C)(C)CC(=O)N[C@@H]1C[C@@H]2C(=O)Nc3ccc(-c4ccsc4)cc3C(=O)N2C1. The molecule has 4 rings (SSSR count). The first kappa shape index (κ1) is 19.6. The molecule has 0 radical (unpaired) electrons. The number of benzene rings is 1. The van der Waals surface area contributed by atoms with E-state index < -0.39 is 6.04 Å². The predicted molar refractivity (Wildman–Crippen MR) is 114 cm³/mol. The Morgan fingerprint density at radius 3 is 2.72 bits per heavy atom. The highest BCUT2D eigenvalue weighted by molar-refractivity contribution is 7.08. The summed E-state index contributed by atoms with van der Waals surface area (Å²) in [6.07, 6.45) is 0.833. The van der Waals surface area contributed by atoms with Crippen LogP contribution in [0.15, 0.2) is 35.0 Å². The first-order valence-corrected chi connectivity index (χ1v) is 10.7. The van der Waals surface area contributed by atoms with Gasteiger partial charge < -0.3 is 15.5 Å². The number of thiophene rings is 1. The van der Waals surface area contributed by atoms with Gasteiger partial charge in [0.1, 0.15) is 6.04 Å². The Morgan fingerprint density at radius 2 is 2.03 bits per heavy atom. The van der Waals surface area contributed by atoms with Gasteiger partial charge in [0.2, 0.25) is 11.8 Å². The van der Waals surface area contributed by atoms with E-state index in [0.717, 1.165) is 11.1 Å². The number of rotatable bonds is 3. The molecule has 1 aromatic heterocycles. The molecule has 1 fully saturated rings. The van der Waals surface area contributed by atoms with Gasteiger partial charge in [0.15, 0.2) is 0 Å². The van der Waals surface area contributed by atoms with Crippen molar-refractivity contribution in [3.63, 3.8) is 0 Å². The molecule has 1 aromatic carbocycles. The Hall–Kier alpha value is -2.67. The maximum atomic E-state index is 13.3. The Morgan fingerprint density at radius 1 is 1.24 bits per heavy atom. The molecule has 0 spiro atoms. The van der Waals surface area contributed by atoms with Crippen LogP contribution in [-0.4, -0.2) is 41.2 Å². The maximum Gasteiger partial charge on any atom is 0.256 e. The molecule has 1 saturated heterocycles. The molecule has 7 heteroatoms. The second kappa shape index (κ2) is 7.30. The molecule has 0 saturated carbocycles. The van der Waals surface area contributed by atoms with Gasteiger partial charge in [-0.25, -0.2) is 0 Å². The highest BCUT2D eigenvalue weighted by Gasteiger charge is 2.43. The second-order valence-electron chi connectivity index (χ2n) is 8.97. The third-order valence-electron chi connectivity index (χ3n) is 5.28. The molecule has 0 aliphatic carbocycles. The molecule has 6 nitrogen and oxygen atoms in total. The molecule has 152 valence electrons. The van der Waals surface area contributed by atoms with E-state index in [1.54, 1.807) is 22.3 Å². The molecule has 0 bridgehead atoms. The summed E-state index contributed by atoms with van der Waals surface area (Å²) in [6, 6.07) is 6.77. The standard InChI is InChI=1S/C22H25N3O3S/c1-22(2,3)10-19(26)23-15-9-18-20(27)24-17-5-4-13(14-6-7-29-12-14)8-16(17)21(28)25(18)11-15/h4-8,12,15,18H,9-11H2,1-3H3,(H,23,26)(H,24,27)/t15-,18-/m1/s1. The topological polar surface area (TPSA) is 78.5 Å². The zero-order chi connectivity index (χ0) is 20.8. The van der Waals surface area contributed by atoms with E-state index in [1.165, 1.54) is 0 Å². The van der Waals surface area contributed by atoms with Crippen LogP contribution in [0.1, 0.15) is 44.0 Å². The lowest BCUT2D eigenvalue weighted by molar-refractivity contribution is -0.123. The summed E-state index contributed by atoms with van der Waals surface area (Å²) in [6.45, 7) is 6.36. The zero-order valence-electron chi connectivity index (χ0n) is 16.8. The minimum Gasteiger partial charge on any atom is -0.351 e. The van der Waals surface area contributed by atoms with Gasteiger partial charge in [0.05, 0.1) is 11.3 Å². The Kier molecular flexibility index (Phi) is 4.94. The summed E-state index contributed by atoms with van der Waals surface area (Å²) in [4.78, 5) is 39.9. The number of carbonyl (C=O) groups excluding carboxylic acids is 3. The minimum absolute atomic E-state index is 0.0480. The van der Waals surface area contributed by atoms with Crippen molar-refractivity contribution >= 4 is 34.7 Å². The molecule has 3 heterocycles. The molecular weight excluding hydrogens is 386 g/mol. The van der Waals surface area contributed by atoms with E-state index in [1.807, 2.05) is 49.7 Å². The summed E-state index contributed by atoms with van der Waals surface area (Å²) in [5.74, 6) is -0.422. The Balaban J connectivity index is 1.56. The van der Waals surface area contributed by atoms with Crippen LogP contribution in [0, 0.1) is 5.41 Å². The number of anilines is 1. The van der Waals surface area contributed by atoms with Crippen LogP contribution in [0.25, 0.3) is 11.1 Å². The number of nitrogens with zero attached hydrogens (tertiary/aromatic N) is 1. The van der Waals surface area contributed by atoms with Crippen molar-refractivity contribution in [2.24, 2.45) is 5.41 Å². The second-order valence-corrected chi connectivity index (χ2v) is 9.75. The molecular formula is C22H25N3O3S. The van der Waals surface area contributed by atoms with E-state index >= 15 is 0 Å². The predicted octanol–water partition coefficient (Wildman–Crippen LogP) is 3.50. The lowest BCUT2D eigenvalue weighted by Gasteiger charge is -2.21. The van der Waals surface area contributed by atoms with Crippen molar-refractivity contribution in [2.75, 3.05) is 11.9 Å². The van der Waals surface area contributed by atoms with Gasteiger partial charge in [-0.1, -0.05) is 26.8 Å². The Labute approximate surface area is 174 Å². The van der Waals surface area contributed by atoms with Crippen LogP contribution in [0.5, 0.6) is 0 Å². The zero-order valence-corrected chi connectivity index (χ0v) is 17.6. The third kappa shape index (κ3) is 4.05. The molecule has 3 amide bonds. The number of hydrogen-bond acceptors (Lipinski definition) is 4. The van der Waals surface area contributed by atoms with Crippen LogP contribution in [0.2, 0.25) is 0 Å². The fourth-order valence-corrected chi connectivity index (χ4v) is 4.65. The van der Waals surface area contributed by atoms with Gasteiger partial charge in [-0.3, -0.25) is 14.4 Å². The van der Waals surface area contributed by atoms with Gasteiger partial charge in [0.25, 0.3) is 5.91 Å². The number of nitrogens with one attached hydrogen (secondary N) is 2. The molecule has 2 atom stereocenters. The van der Waals surface area contributed by atoms with E-state index in [9.17, 15) is 14.4 Å². The van der Waals surface area contributed by atoms with Gasteiger partial charge in [-0.15, -0.1) is 0 Å². The summed E-state index contributed by atoms with van der Waals surface area (Å²) in [7, 11) is 0. The molecule has 29 heavy (non-hydrogen) atoms. The van der Waals surface area contributed by atoms with E-state index in [-0.39, 0.29) is 29.2 Å². The van der Waals surface area contributed by atoms with Crippen LogP contribution < -0.4 is 10.6 Å². The van der Waals surface area contributed by atoms with Crippen molar-refractivity contribution in [1.29, 1.82) is 0 Å². The summed E-state index contributed by atoms with van der Waals surface area (Å²) in [5, 5.41) is 9.92. The molecule has 2 aliphatic rings. The molecule has 0 unspecified atom stereocenters. The van der Waals surface area contributed by atoms with E-state index in [4.69, 9.17) is 0 Å². The molecule has 2 aromatic rings. The normalized spacial score (nSPS) is 21.3. The average molecular weight is 412 g/mol. The van der Waals surface area contributed by atoms with Gasteiger partial charge in [-0.05, 0) is 51.9 Å². The van der Waals surface area contributed by atoms with Crippen molar-refractivity contribution in [1.82, 2.24) is 10.2 Å². The van der Waals surface area contributed by atoms with Gasteiger partial charge >= 0.3 is 0 Å². The third-order valence-corrected chi connectivity index (χ3v) is 5.97. The van der Waals surface area contributed by atoms with Crippen molar-refractivity contribution in [2.45, 2.75) is 45.7 Å². The number of fused-ring (bicyclic) bond motifs is 2. The van der Waals surface area contributed by atoms with E-state index in [2.05, 4.69) is 10.6 Å². The summed E-state index contributed by atoms with van der Waals surface area (Å²) >= 11 is 1.60. The first-order valence-electron chi connectivity index (χ1n) is 9.79.